The van der Waals surface area contributed by atoms with E-state index in [0.717, 1.165) is 25.3 Å². The quantitative estimate of drug-likeness (QED) is 0.303. The Morgan fingerprint density at radius 3 is 2.46 bits per heavy atom. The summed E-state index contributed by atoms with van der Waals surface area (Å²) >= 11 is 0. The molecule has 3 fully saturated rings. The molecule has 2 N–H and O–H groups in total. The van der Waals surface area contributed by atoms with Gasteiger partial charge in [-0.15, -0.1) is 0 Å². The fourth-order valence-corrected chi connectivity index (χ4v) is 5.82. The molecule has 37 heavy (non-hydrogen) atoms. The van der Waals surface area contributed by atoms with E-state index in [-0.39, 0.29) is 39.6 Å². The molecule has 2 bridgehead atoms. The maximum atomic E-state index is 16.0. The molecule has 3 aliphatic rings. The van der Waals surface area contributed by atoms with Crippen molar-refractivity contribution in [3.05, 3.63) is 82.8 Å². The summed E-state index contributed by atoms with van der Waals surface area (Å²) < 4.78 is 44.6. The van der Waals surface area contributed by atoms with E-state index in [9.17, 15) is 14.0 Å². The molecule has 2 aromatic carbocycles. The summed E-state index contributed by atoms with van der Waals surface area (Å²) in [5.74, 6) is 4.63. The highest BCUT2D eigenvalue weighted by molar-refractivity contribution is 5.97. The zero-order valence-electron chi connectivity index (χ0n) is 19.9. The van der Waals surface area contributed by atoms with Crippen LogP contribution >= 0.6 is 0 Å². The Bertz CT molecular complexity index is 1600. The van der Waals surface area contributed by atoms with Gasteiger partial charge in [0.25, 0.3) is 0 Å². The van der Waals surface area contributed by atoms with E-state index >= 15 is 4.39 Å². The van der Waals surface area contributed by atoms with Gasteiger partial charge in [0.1, 0.15) is 17.7 Å². The second kappa shape index (κ2) is 9.33. The van der Waals surface area contributed by atoms with Crippen LogP contribution in [0.1, 0.15) is 48.8 Å². The Morgan fingerprint density at radius 2 is 1.76 bits per heavy atom. The average Bonchev–Trinajstić information content (AvgIpc) is 3.34. The summed E-state index contributed by atoms with van der Waals surface area (Å²) in [5, 5.41) is 13.6. The summed E-state index contributed by atoms with van der Waals surface area (Å²) in [6.07, 6.45) is 6.98. The highest BCUT2D eigenvalue weighted by Crippen LogP contribution is 2.43. The first kappa shape index (κ1) is 23.2. The summed E-state index contributed by atoms with van der Waals surface area (Å²) in [4.78, 5) is 7.35. The first-order valence-corrected chi connectivity index (χ1v) is 12.5. The van der Waals surface area contributed by atoms with Crippen LogP contribution in [0.4, 0.5) is 19.0 Å². The molecule has 4 aromatic rings. The molecule has 7 heteroatoms. The smallest absolute Gasteiger partial charge is 0.182 e. The second-order valence-corrected chi connectivity index (χ2v) is 9.88. The van der Waals surface area contributed by atoms with Crippen LogP contribution in [0.2, 0.25) is 0 Å². The van der Waals surface area contributed by atoms with Gasteiger partial charge in [-0.1, -0.05) is 42.9 Å². The van der Waals surface area contributed by atoms with Gasteiger partial charge in [0.15, 0.2) is 11.6 Å². The maximum Gasteiger partial charge on any atom is 0.182 e. The normalized spacial score (nSPS) is 20.3. The molecule has 3 saturated carbocycles. The largest absolute Gasteiger partial charge is 0.365 e. The number of nitriles is 1. The van der Waals surface area contributed by atoms with Gasteiger partial charge in [-0.05, 0) is 49.3 Å². The molecule has 0 spiro atoms. The number of hydrogen-bond donors (Lipinski definition) is 2. The monoisotopic (exact) mass is 496 g/mol. The van der Waals surface area contributed by atoms with Crippen molar-refractivity contribution in [1.82, 2.24) is 9.97 Å². The fourth-order valence-electron chi connectivity index (χ4n) is 5.82. The number of rotatable bonds is 3. The van der Waals surface area contributed by atoms with Crippen LogP contribution in [-0.2, 0) is 0 Å². The zero-order valence-corrected chi connectivity index (χ0v) is 19.9. The lowest BCUT2D eigenvalue weighted by Gasteiger charge is -2.42. The average molecular weight is 497 g/mol. The van der Waals surface area contributed by atoms with Crippen LogP contribution in [0, 0.1) is 52.5 Å². The van der Waals surface area contributed by atoms with Gasteiger partial charge in [0.05, 0.1) is 22.3 Å². The maximum absolute atomic E-state index is 16.0. The van der Waals surface area contributed by atoms with Crippen LogP contribution in [0.15, 0.2) is 48.7 Å². The van der Waals surface area contributed by atoms with Crippen LogP contribution in [0.3, 0.4) is 0 Å². The van der Waals surface area contributed by atoms with E-state index < -0.39 is 17.5 Å². The Balaban J connectivity index is 1.54. The Morgan fingerprint density at radius 1 is 0.973 bits per heavy atom. The van der Waals surface area contributed by atoms with E-state index in [1.54, 1.807) is 12.1 Å². The van der Waals surface area contributed by atoms with Gasteiger partial charge in [-0.3, -0.25) is 0 Å². The molecule has 1 unspecified atom stereocenters. The summed E-state index contributed by atoms with van der Waals surface area (Å²) in [6.45, 7) is 0. The van der Waals surface area contributed by atoms with Crippen molar-refractivity contribution in [3.63, 3.8) is 0 Å². The highest BCUT2D eigenvalue weighted by atomic mass is 19.1. The Labute approximate surface area is 212 Å². The highest BCUT2D eigenvalue weighted by Gasteiger charge is 2.36. The first-order valence-electron chi connectivity index (χ1n) is 12.5. The van der Waals surface area contributed by atoms with Gasteiger partial charge < -0.3 is 10.3 Å². The molecule has 0 saturated heterocycles. The molecule has 3 aliphatic carbocycles. The minimum absolute atomic E-state index is 0.00939. The second-order valence-electron chi connectivity index (χ2n) is 9.88. The molecule has 2 aromatic heterocycles. The van der Waals surface area contributed by atoms with Crippen LogP contribution in [0.5, 0.6) is 0 Å². The minimum Gasteiger partial charge on any atom is -0.365 e. The molecule has 0 radical (unpaired) electrons. The van der Waals surface area contributed by atoms with Crippen molar-refractivity contribution >= 4 is 16.7 Å². The molecule has 7 rings (SSSR count). The Kier molecular flexibility index (Phi) is 5.85. The lowest BCUT2D eigenvalue weighted by molar-refractivity contribution is 0.157. The number of halogens is 3. The predicted molar refractivity (Wildman–Crippen MR) is 136 cm³/mol. The van der Waals surface area contributed by atoms with Crippen LogP contribution in [-0.4, -0.2) is 16.0 Å². The van der Waals surface area contributed by atoms with Crippen molar-refractivity contribution in [1.29, 1.82) is 5.26 Å². The van der Waals surface area contributed by atoms with E-state index in [2.05, 4.69) is 27.1 Å². The van der Waals surface area contributed by atoms with Crippen molar-refractivity contribution in [2.24, 2.45) is 11.8 Å². The van der Waals surface area contributed by atoms with Gasteiger partial charge in [-0.2, -0.15) is 5.26 Å². The molecule has 0 amide bonds. The van der Waals surface area contributed by atoms with Crippen molar-refractivity contribution in [2.75, 3.05) is 5.32 Å². The van der Waals surface area contributed by atoms with Gasteiger partial charge in [0.2, 0.25) is 0 Å². The third kappa shape index (κ3) is 4.21. The van der Waals surface area contributed by atoms with Gasteiger partial charge in [0, 0.05) is 34.8 Å². The molecule has 4 nitrogen and oxygen atoms in total. The van der Waals surface area contributed by atoms with E-state index in [1.807, 2.05) is 24.3 Å². The number of nitrogens with one attached hydrogen (secondary N) is 2. The van der Waals surface area contributed by atoms with Gasteiger partial charge >= 0.3 is 0 Å². The Hall–Kier alpha value is -4.23. The molecular formula is C30H23F3N4. The van der Waals surface area contributed by atoms with Crippen LogP contribution in [0.25, 0.3) is 22.2 Å². The van der Waals surface area contributed by atoms with Crippen molar-refractivity contribution in [3.8, 4) is 29.2 Å². The standard InChI is InChI=1S/C30H23F3N4/c31-20-13-22-24(16-35-29(22)25(32)14-20)28-23(15-34)21(11-8-17-4-2-1-3-5-17)27(33)30(37-28)36-26-12-18-6-9-19(26)10-7-18/h1-5,13-14,16,18-19,26,35H,6-7,9-10,12H2,(H,36,37). The number of nitrogens with zero attached hydrogens (tertiary/aromatic N) is 2. The number of aromatic amines is 1. The number of aromatic nitrogens is 2. The van der Waals surface area contributed by atoms with Gasteiger partial charge in [-0.25, -0.2) is 18.2 Å². The summed E-state index contributed by atoms with van der Waals surface area (Å²) in [6, 6.07) is 13.2. The van der Waals surface area contributed by atoms with Crippen molar-refractivity contribution in [2.45, 2.75) is 38.1 Å². The predicted octanol–water partition coefficient (Wildman–Crippen LogP) is 6.91. The number of pyridine rings is 1. The number of benzene rings is 2. The fraction of sp³-hybridized carbons (Fsp3) is 0.267. The minimum atomic E-state index is -0.762. The van der Waals surface area contributed by atoms with E-state index in [0.29, 0.717) is 23.0 Å². The SMILES string of the molecule is N#Cc1c(-c2c[nH]c3c(F)cc(F)cc23)nc(NC2CC3CCC2CC3)c(F)c1C#Cc1ccccc1. The summed E-state index contributed by atoms with van der Waals surface area (Å²) in [7, 11) is 0. The molecule has 0 aliphatic heterocycles. The topological polar surface area (TPSA) is 64.5 Å². The molecular weight excluding hydrogens is 473 g/mol. The lowest BCUT2D eigenvalue weighted by Crippen LogP contribution is -2.40. The van der Waals surface area contributed by atoms with Crippen molar-refractivity contribution < 1.29 is 13.2 Å². The molecule has 1 atom stereocenters. The van der Waals surface area contributed by atoms with E-state index in [1.165, 1.54) is 25.1 Å². The number of hydrogen-bond acceptors (Lipinski definition) is 3. The number of anilines is 1. The number of H-pyrrole nitrogens is 1. The third-order valence-corrected chi connectivity index (χ3v) is 7.69. The zero-order chi connectivity index (χ0) is 25.5. The first-order chi connectivity index (χ1) is 18.0. The van der Waals surface area contributed by atoms with Crippen LogP contribution < -0.4 is 5.32 Å². The molecule has 2 heterocycles. The third-order valence-electron chi connectivity index (χ3n) is 7.69. The van der Waals surface area contributed by atoms with E-state index in [4.69, 9.17) is 0 Å². The number of fused-ring (bicyclic) bond motifs is 4. The lowest BCUT2D eigenvalue weighted by atomic mass is 9.68. The molecule has 184 valence electrons. The summed E-state index contributed by atoms with van der Waals surface area (Å²) in [5.41, 5.74) is 1.01.